The van der Waals surface area contributed by atoms with Crippen molar-refractivity contribution >= 4 is 29.0 Å². The topological polar surface area (TPSA) is 84.5 Å². The summed E-state index contributed by atoms with van der Waals surface area (Å²) in [6.45, 7) is 5.27. The number of benzene rings is 2. The molecule has 0 unspecified atom stereocenters. The first-order valence-electron chi connectivity index (χ1n) is 8.77. The molecule has 0 aliphatic heterocycles. The van der Waals surface area contributed by atoms with Gasteiger partial charge < -0.3 is 15.4 Å². The van der Waals surface area contributed by atoms with Crippen LogP contribution in [-0.2, 0) is 9.59 Å². The quantitative estimate of drug-likeness (QED) is 0.692. The van der Waals surface area contributed by atoms with E-state index in [4.69, 9.17) is 4.74 Å². The van der Waals surface area contributed by atoms with E-state index in [0.29, 0.717) is 35.0 Å². The molecule has 0 saturated heterocycles. The fourth-order valence-corrected chi connectivity index (χ4v) is 2.37. The lowest BCUT2D eigenvalue weighted by molar-refractivity contribution is -0.118. The van der Waals surface area contributed by atoms with Crippen molar-refractivity contribution in [2.75, 3.05) is 17.2 Å². The van der Waals surface area contributed by atoms with Crippen LogP contribution in [0.1, 0.15) is 37.6 Å². The maximum absolute atomic E-state index is 12.0. The largest absolute Gasteiger partial charge is 0.484 e. The Kier molecular flexibility index (Phi) is 7.11. The Hall–Kier alpha value is -3.15. The summed E-state index contributed by atoms with van der Waals surface area (Å²) in [6, 6.07) is 13.6. The molecule has 0 aliphatic rings. The molecule has 2 aromatic rings. The van der Waals surface area contributed by atoms with Crippen LogP contribution in [0.25, 0.3) is 0 Å². The third-order valence-electron chi connectivity index (χ3n) is 3.66. The van der Waals surface area contributed by atoms with Gasteiger partial charge >= 0.3 is 0 Å². The Labute approximate surface area is 158 Å². The van der Waals surface area contributed by atoms with Crippen LogP contribution >= 0.6 is 0 Å². The number of ketones is 1. The van der Waals surface area contributed by atoms with Crippen molar-refractivity contribution in [2.24, 2.45) is 5.92 Å². The van der Waals surface area contributed by atoms with Crippen LogP contribution in [0.15, 0.2) is 48.5 Å². The Bertz CT molecular complexity index is 813. The molecule has 0 radical (unpaired) electrons. The van der Waals surface area contributed by atoms with Crippen molar-refractivity contribution in [3.63, 3.8) is 0 Å². The first kappa shape index (κ1) is 20.2. The highest BCUT2D eigenvalue weighted by Crippen LogP contribution is 2.16. The first-order valence-corrected chi connectivity index (χ1v) is 8.77. The van der Waals surface area contributed by atoms with Crippen LogP contribution < -0.4 is 15.4 Å². The molecule has 0 heterocycles. The molecule has 0 bridgehead atoms. The summed E-state index contributed by atoms with van der Waals surface area (Å²) in [5, 5.41) is 5.53. The van der Waals surface area contributed by atoms with E-state index in [-0.39, 0.29) is 24.2 Å². The number of ether oxygens (including phenoxy) is 1. The number of anilines is 2. The Morgan fingerprint density at radius 1 is 0.926 bits per heavy atom. The maximum Gasteiger partial charge on any atom is 0.262 e. The van der Waals surface area contributed by atoms with E-state index < -0.39 is 0 Å². The molecule has 2 rings (SSSR count). The molecular weight excluding hydrogens is 344 g/mol. The maximum atomic E-state index is 12.0. The molecule has 0 aliphatic carbocycles. The number of nitrogens with one attached hydrogen (secondary N) is 2. The average Bonchev–Trinajstić information content (AvgIpc) is 2.61. The number of rotatable bonds is 8. The standard InChI is InChI=1S/C21H24N2O4/c1-14(2)11-20(25)22-17-7-9-18(10-8-17)23-21(26)13-27-19-6-4-5-16(12-19)15(3)24/h4-10,12,14H,11,13H2,1-3H3,(H,22,25)(H,23,26). The zero-order chi connectivity index (χ0) is 19.8. The van der Waals surface area contributed by atoms with Gasteiger partial charge in [0, 0.05) is 23.4 Å². The van der Waals surface area contributed by atoms with Crippen LogP contribution in [0.4, 0.5) is 11.4 Å². The zero-order valence-electron chi connectivity index (χ0n) is 15.7. The minimum atomic E-state index is -0.320. The Morgan fingerprint density at radius 3 is 2.07 bits per heavy atom. The second-order valence-electron chi connectivity index (χ2n) is 6.64. The number of hydrogen-bond acceptors (Lipinski definition) is 4. The van der Waals surface area contributed by atoms with Crippen molar-refractivity contribution in [1.29, 1.82) is 0 Å². The van der Waals surface area contributed by atoms with Gasteiger partial charge in [-0.05, 0) is 49.2 Å². The van der Waals surface area contributed by atoms with E-state index in [1.165, 1.54) is 6.92 Å². The van der Waals surface area contributed by atoms with Gasteiger partial charge in [-0.25, -0.2) is 0 Å². The van der Waals surface area contributed by atoms with E-state index in [1.54, 1.807) is 48.5 Å². The van der Waals surface area contributed by atoms with E-state index in [0.717, 1.165) is 0 Å². The minimum absolute atomic E-state index is 0.0389. The van der Waals surface area contributed by atoms with Crippen molar-refractivity contribution in [1.82, 2.24) is 0 Å². The SMILES string of the molecule is CC(=O)c1cccc(OCC(=O)Nc2ccc(NC(=O)CC(C)C)cc2)c1. The third kappa shape index (κ3) is 6.93. The Balaban J connectivity index is 1.84. The van der Waals surface area contributed by atoms with Crippen LogP contribution in [0.2, 0.25) is 0 Å². The molecule has 6 nitrogen and oxygen atoms in total. The number of Topliss-reactive ketones (excluding diaryl/α,β-unsaturated/α-hetero) is 1. The molecule has 2 aromatic carbocycles. The molecule has 6 heteroatoms. The molecule has 0 aromatic heterocycles. The van der Waals surface area contributed by atoms with Gasteiger partial charge in [-0.15, -0.1) is 0 Å². The lowest BCUT2D eigenvalue weighted by atomic mass is 10.1. The summed E-state index contributed by atoms with van der Waals surface area (Å²) in [4.78, 5) is 35.1. The number of carbonyl (C=O) groups is 3. The number of amides is 2. The van der Waals surface area contributed by atoms with E-state index >= 15 is 0 Å². The molecule has 0 spiro atoms. The van der Waals surface area contributed by atoms with Gasteiger partial charge in [-0.3, -0.25) is 14.4 Å². The lowest BCUT2D eigenvalue weighted by Crippen LogP contribution is -2.20. The van der Waals surface area contributed by atoms with Gasteiger partial charge in [0.25, 0.3) is 5.91 Å². The summed E-state index contributed by atoms with van der Waals surface area (Å²) in [7, 11) is 0. The van der Waals surface area contributed by atoms with Crippen LogP contribution in [-0.4, -0.2) is 24.2 Å². The minimum Gasteiger partial charge on any atom is -0.484 e. The number of carbonyl (C=O) groups excluding carboxylic acids is 3. The number of hydrogen-bond donors (Lipinski definition) is 2. The van der Waals surface area contributed by atoms with Gasteiger partial charge in [0.2, 0.25) is 5.91 Å². The summed E-state index contributed by atoms with van der Waals surface area (Å²) >= 11 is 0. The summed E-state index contributed by atoms with van der Waals surface area (Å²) < 4.78 is 5.42. The van der Waals surface area contributed by atoms with Gasteiger partial charge in [-0.2, -0.15) is 0 Å². The van der Waals surface area contributed by atoms with Crippen LogP contribution in [0, 0.1) is 5.92 Å². The predicted octanol–water partition coefficient (Wildman–Crippen LogP) is 3.89. The van der Waals surface area contributed by atoms with Crippen molar-refractivity contribution < 1.29 is 19.1 Å². The average molecular weight is 368 g/mol. The molecule has 0 fully saturated rings. The van der Waals surface area contributed by atoms with Gasteiger partial charge in [-0.1, -0.05) is 26.0 Å². The highest BCUT2D eigenvalue weighted by Gasteiger charge is 2.07. The monoisotopic (exact) mass is 368 g/mol. The van der Waals surface area contributed by atoms with Crippen molar-refractivity contribution in [3.05, 3.63) is 54.1 Å². The van der Waals surface area contributed by atoms with Crippen LogP contribution in [0.3, 0.4) is 0 Å². The van der Waals surface area contributed by atoms with E-state index in [1.807, 2.05) is 13.8 Å². The summed E-state index contributed by atoms with van der Waals surface area (Å²) in [5.74, 6) is 0.328. The first-order chi connectivity index (χ1) is 12.8. The van der Waals surface area contributed by atoms with Gasteiger partial charge in [0.05, 0.1) is 0 Å². The Morgan fingerprint density at radius 2 is 1.52 bits per heavy atom. The van der Waals surface area contributed by atoms with E-state index in [2.05, 4.69) is 10.6 Å². The summed E-state index contributed by atoms with van der Waals surface area (Å²) in [6.07, 6.45) is 0.459. The molecule has 2 amide bonds. The normalized spacial score (nSPS) is 10.4. The summed E-state index contributed by atoms with van der Waals surface area (Å²) in [5.41, 5.74) is 1.81. The lowest BCUT2D eigenvalue weighted by Gasteiger charge is -2.10. The molecule has 2 N–H and O–H groups in total. The molecule has 0 saturated carbocycles. The van der Waals surface area contributed by atoms with E-state index in [9.17, 15) is 14.4 Å². The fraction of sp³-hybridized carbons (Fsp3) is 0.286. The van der Waals surface area contributed by atoms with Gasteiger partial charge in [0.1, 0.15) is 5.75 Å². The highest BCUT2D eigenvalue weighted by molar-refractivity contribution is 5.95. The zero-order valence-corrected chi connectivity index (χ0v) is 15.7. The van der Waals surface area contributed by atoms with Crippen molar-refractivity contribution in [3.8, 4) is 5.75 Å². The highest BCUT2D eigenvalue weighted by atomic mass is 16.5. The second-order valence-corrected chi connectivity index (χ2v) is 6.64. The fourth-order valence-electron chi connectivity index (χ4n) is 2.37. The molecule has 27 heavy (non-hydrogen) atoms. The second kappa shape index (κ2) is 9.52. The van der Waals surface area contributed by atoms with Crippen molar-refractivity contribution in [2.45, 2.75) is 27.2 Å². The third-order valence-corrected chi connectivity index (χ3v) is 3.66. The molecule has 0 atom stereocenters. The smallest absolute Gasteiger partial charge is 0.262 e. The van der Waals surface area contributed by atoms with Gasteiger partial charge in [0.15, 0.2) is 12.4 Å². The van der Waals surface area contributed by atoms with Crippen LogP contribution in [0.5, 0.6) is 5.75 Å². The predicted molar refractivity (Wildman–Crippen MR) is 105 cm³/mol. The molecule has 142 valence electrons. The molecular formula is C21H24N2O4.